The van der Waals surface area contributed by atoms with Gasteiger partial charge in [0.15, 0.2) is 5.11 Å². The number of nitro benzene ring substituents is 1. The van der Waals surface area contributed by atoms with E-state index in [1.165, 1.54) is 22.6 Å². The van der Waals surface area contributed by atoms with Crippen LogP contribution in [0, 0.1) is 17.0 Å². The molecule has 0 aliphatic carbocycles. The molecule has 2 atom stereocenters. The molecule has 3 heterocycles. The fourth-order valence-corrected chi connectivity index (χ4v) is 6.25. The van der Waals surface area contributed by atoms with Crippen molar-refractivity contribution in [1.29, 1.82) is 0 Å². The number of hydrogen-bond donors (Lipinski definition) is 1. The van der Waals surface area contributed by atoms with Crippen LogP contribution in [-0.2, 0) is 0 Å². The van der Waals surface area contributed by atoms with Crippen molar-refractivity contribution in [3.05, 3.63) is 111 Å². The number of rotatable bonds is 6. The normalized spacial score (nSPS) is 17.6. The monoisotopic (exact) mass is 504 g/mol. The van der Waals surface area contributed by atoms with Crippen molar-refractivity contribution in [2.24, 2.45) is 0 Å². The van der Waals surface area contributed by atoms with E-state index in [1.807, 2.05) is 24.4 Å². The zero-order chi connectivity index (χ0) is 23.7. The first-order valence-corrected chi connectivity index (χ1v) is 12.7. The molecule has 1 fully saturated rings. The van der Waals surface area contributed by atoms with Gasteiger partial charge in [0.25, 0.3) is 5.69 Å². The van der Waals surface area contributed by atoms with E-state index in [0.717, 1.165) is 21.2 Å². The Hall–Kier alpha value is -3.27. The van der Waals surface area contributed by atoms with Crippen molar-refractivity contribution in [2.75, 3.05) is 4.90 Å². The van der Waals surface area contributed by atoms with E-state index in [-0.39, 0.29) is 22.7 Å². The molecule has 2 aromatic carbocycles. The number of non-ortho nitro benzene ring substituents is 1. The number of pyridine rings is 1. The lowest BCUT2D eigenvalue weighted by Crippen LogP contribution is -2.29. The van der Waals surface area contributed by atoms with Gasteiger partial charge in [-0.15, -0.1) is 11.3 Å². The predicted molar refractivity (Wildman–Crippen MR) is 141 cm³/mol. The minimum atomic E-state index is -0.389. The highest BCUT2D eigenvalue weighted by molar-refractivity contribution is 7.99. The average Bonchev–Trinajstić information content (AvgIpc) is 3.42. The standard InChI is InChI=1S/C25H20N4O2S3/c1-16-13-15-33-24(16)23-22(21-4-2-3-14-26-21)27-25(32)28(23)17-5-9-19(10-6-17)34-20-11-7-18(8-12-20)29(30)31/h2-15,22-23H,1H3,(H,27,32)/t22-,23-/m0/s1. The maximum Gasteiger partial charge on any atom is 0.269 e. The van der Waals surface area contributed by atoms with Crippen LogP contribution in [0.1, 0.15) is 28.2 Å². The third kappa shape index (κ3) is 4.42. The van der Waals surface area contributed by atoms with Crippen LogP contribution >= 0.6 is 35.3 Å². The molecule has 4 aromatic rings. The Morgan fingerprint density at radius 1 is 1.06 bits per heavy atom. The van der Waals surface area contributed by atoms with E-state index in [1.54, 1.807) is 35.2 Å². The average molecular weight is 505 g/mol. The van der Waals surface area contributed by atoms with Crippen LogP contribution in [0.4, 0.5) is 11.4 Å². The first-order valence-electron chi connectivity index (χ1n) is 10.6. The molecule has 0 amide bonds. The van der Waals surface area contributed by atoms with E-state index in [0.29, 0.717) is 5.11 Å². The van der Waals surface area contributed by atoms with E-state index < -0.39 is 0 Å². The molecule has 0 bridgehead atoms. The molecule has 1 N–H and O–H groups in total. The van der Waals surface area contributed by atoms with Gasteiger partial charge < -0.3 is 10.2 Å². The van der Waals surface area contributed by atoms with Gasteiger partial charge in [-0.1, -0.05) is 17.8 Å². The van der Waals surface area contributed by atoms with Gasteiger partial charge in [-0.25, -0.2) is 0 Å². The summed E-state index contributed by atoms with van der Waals surface area (Å²) in [6.07, 6.45) is 1.81. The predicted octanol–water partition coefficient (Wildman–Crippen LogP) is 6.69. The summed E-state index contributed by atoms with van der Waals surface area (Å²) in [6.45, 7) is 2.13. The first-order chi connectivity index (χ1) is 16.5. The summed E-state index contributed by atoms with van der Waals surface area (Å²) in [5.74, 6) is 0. The van der Waals surface area contributed by atoms with Crippen LogP contribution in [-0.4, -0.2) is 15.0 Å². The minimum Gasteiger partial charge on any atom is -0.351 e. The zero-order valence-electron chi connectivity index (χ0n) is 18.1. The summed E-state index contributed by atoms with van der Waals surface area (Å²) < 4.78 is 0. The Labute approximate surface area is 210 Å². The van der Waals surface area contributed by atoms with E-state index >= 15 is 0 Å². The third-order valence-corrected chi connectivity index (χ3v) is 8.09. The molecule has 1 saturated heterocycles. The molecule has 0 unspecified atom stereocenters. The number of benzene rings is 2. The van der Waals surface area contributed by atoms with Gasteiger partial charge in [0, 0.05) is 38.7 Å². The molecule has 0 saturated carbocycles. The number of nitrogens with zero attached hydrogens (tertiary/aromatic N) is 3. The van der Waals surface area contributed by atoms with Crippen molar-refractivity contribution in [1.82, 2.24) is 10.3 Å². The van der Waals surface area contributed by atoms with Crippen LogP contribution in [0.2, 0.25) is 0 Å². The first kappa shape index (κ1) is 22.5. The van der Waals surface area contributed by atoms with Gasteiger partial charge in [-0.05, 0) is 84.7 Å². The maximum atomic E-state index is 10.9. The number of nitro groups is 1. The molecule has 0 radical (unpaired) electrons. The van der Waals surface area contributed by atoms with E-state index in [4.69, 9.17) is 12.2 Å². The molecule has 5 rings (SSSR count). The number of hydrogen-bond acceptors (Lipinski definition) is 6. The number of thiophene rings is 1. The van der Waals surface area contributed by atoms with Crippen LogP contribution in [0.5, 0.6) is 0 Å². The Bertz CT molecular complexity index is 1320. The Balaban J connectivity index is 1.44. The van der Waals surface area contributed by atoms with Gasteiger partial charge in [0.05, 0.1) is 22.7 Å². The minimum absolute atomic E-state index is 0.00410. The smallest absolute Gasteiger partial charge is 0.269 e. The molecule has 2 aromatic heterocycles. The van der Waals surface area contributed by atoms with E-state index in [2.05, 4.69) is 57.8 Å². The number of thiocarbonyl (C=S) groups is 1. The second-order valence-electron chi connectivity index (χ2n) is 7.81. The lowest BCUT2D eigenvalue weighted by Gasteiger charge is -2.27. The van der Waals surface area contributed by atoms with Crippen molar-refractivity contribution in [2.45, 2.75) is 28.8 Å². The molecule has 0 spiro atoms. The molecule has 6 nitrogen and oxygen atoms in total. The summed E-state index contributed by atoms with van der Waals surface area (Å²) in [5, 5.41) is 17.2. The molecule has 1 aliphatic rings. The van der Waals surface area contributed by atoms with Gasteiger partial charge in [-0.3, -0.25) is 15.1 Å². The third-order valence-electron chi connectivity index (χ3n) is 5.67. The van der Waals surface area contributed by atoms with Crippen LogP contribution in [0.3, 0.4) is 0 Å². The highest BCUT2D eigenvalue weighted by atomic mass is 32.2. The van der Waals surface area contributed by atoms with Crippen LogP contribution < -0.4 is 10.2 Å². The summed E-state index contributed by atoms with van der Waals surface area (Å²) >= 11 is 9.09. The van der Waals surface area contributed by atoms with Crippen molar-refractivity contribution in [3.8, 4) is 0 Å². The number of aryl methyl sites for hydroxylation is 1. The van der Waals surface area contributed by atoms with Gasteiger partial charge in [0.2, 0.25) is 0 Å². The Morgan fingerprint density at radius 3 is 2.35 bits per heavy atom. The fourth-order valence-electron chi connectivity index (χ4n) is 4.03. The summed E-state index contributed by atoms with van der Waals surface area (Å²) in [7, 11) is 0. The van der Waals surface area contributed by atoms with E-state index in [9.17, 15) is 10.1 Å². The quantitative estimate of drug-likeness (QED) is 0.178. The second kappa shape index (κ2) is 9.54. The van der Waals surface area contributed by atoms with Gasteiger partial charge in [-0.2, -0.15) is 0 Å². The van der Waals surface area contributed by atoms with Crippen molar-refractivity contribution in [3.63, 3.8) is 0 Å². The summed E-state index contributed by atoms with van der Waals surface area (Å²) in [6, 6.07) is 22.8. The molecule has 170 valence electrons. The summed E-state index contributed by atoms with van der Waals surface area (Å²) in [5.41, 5.74) is 3.28. The lowest BCUT2D eigenvalue weighted by molar-refractivity contribution is -0.384. The van der Waals surface area contributed by atoms with Crippen molar-refractivity contribution >= 4 is 51.8 Å². The molecular formula is C25H20N4O2S3. The zero-order valence-corrected chi connectivity index (χ0v) is 20.6. The van der Waals surface area contributed by atoms with Gasteiger partial charge >= 0.3 is 0 Å². The SMILES string of the molecule is Cc1ccsc1[C@@H]1[C@H](c2ccccn2)NC(=S)N1c1ccc(Sc2ccc([N+](=O)[O-])cc2)cc1. The van der Waals surface area contributed by atoms with Crippen LogP contribution in [0.15, 0.2) is 94.2 Å². The highest BCUT2D eigenvalue weighted by Gasteiger charge is 2.41. The Morgan fingerprint density at radius 2 is 1.76 bits per heavy atom. The molecule has 34 heavy (non-hydrogen) atoms. The Kier molecular flexibility index (Phi) is 6.32. The molecular weight excluding hydrogens is 485 g/mol. The topological polar surface area (TPSA) is 71.3 Å². The molecule has 9 heteroatoms. The maximum absolute atomic E-state index is 10.9. The largest absolute Gasteiger partial charge is 0.351 e. The van der Waals surface area contributed by atoms with Gasteiger partial charge in [0.1, 0.15) is 0 Å². The second-order valence-corrected chi connectivity index (χ2v) is 10.3. The molecule has 1 aliphatic heterocycles. The van der Waals surface area contributed by atoms with Crippen LogP contribution in [0.25, 0.3) is 0 Å². The lowest BCUT2D eigenvalue weighted by atomic mass is 10.0. The highest BCUT2D eigenvalue weighted by Crippen LogP contribution is 2.44. The van der Waals surface area contributed by atoms with Crippen molar-refractivity contribution < 1.29 is 4.92 Å². The number of nitrogens with one attached hydrogen (secondary N) is 1. The fraction of sp³-hybridized carbons (Fsp3) is 0.120. The number of anilines is 1. The summed E-state index contributed by atoms with van der Waals surface area (Å²) in [4.78, 5) is 20.5. The number of aromatic nitrogens is 1.